The van der Waals surface area contributed by atoms with Crippen LogP contribution >= 0.6 is 12.4 Å². The highest BCUT2D eigenvalue weighted by atomic mass is 35.5. The second-order valence-electron chi connectivity index (χ2n) is 3.60. The molecule has 1 aromatic rings. The van der Waals surface area contributed by atoms with Crippen LogP contribution in [0.2, 0.25) is 0 Å². The Morgan fingerprint density at radius 2 is 2.24 bits per heavy atom. The molecule has 0 fully saturated rings. The summed E-state index contributed by atoms with van der Waals surface area (Å²) in [7, 11) is 5.25. The van der Waals surface area contributed by atoms with E-state index in [2.05, 4.69) is 15.0 Å². The van der Waals surface area contributed by atoms with Crippen LogP contribution in [0.25, 0.3) is 0 Å². The SMILES string of the molecule is CNCCN(C)Cc1ccc(C(=O)OC)o1.Cl. The molecular weight excluding hydrogens is 244 g/mol. The number of esters is 1. The van der Waals surface area contributed by atoms with Crippen molar-refractivity contribution in [2.45, 2.75) is 6.54 Å². The summed E-state index contributed by atoms with van der Waals surface area (Å²) in [5.41, 5.74) is 0. The van der Waals surface area contributed by atoms with E-state index in [1.54, 1.807) is 12.1 Å². The third-order valence-corrected chi connectivity index (χ3v) is 2.22. The van der Waals surface area contributed by atoms with Crippen molar-refractivity contribution in [3.8, 4) is 0 Å². The van der Waals surface area contributed by atoms with Gasteiger partial charge in [0.15, 0.2) is 0 Å². The van der Waals surface area contributed by atoms with E-state index in [-0.39, 0.29) is 18.2 Å². The molecule has 0 amide bonds. The molecular formula is C11H19ClN2O3. The molecule has 0 radical (unpaired) electrons. The molecule has 0 unspecified atom stereocenters. The summed E-state index contributed by atoms with van der Waals surface area (Å²) in [4.78, 5) is 13.3. The van der Waals surface area contributed by atoms with Gasteiger partial charge in [-0.25, -0.2) is 4.79 Å². The number of carbonyl (C=O) groups is 1. The smallest absolute Gasteiger partial charge is 0.373 e. The van der Waals surface area contributed by atoms with Crippen LogP contribution < -0.4 is 5.32 Å². The average Bonchev–Trinajstić information content (AvgIpc) is 2.73. The summed E-state index contributed by atoms with van der Waals surface area (Å²) >= 11 is 0. The number of ether oxygens (including phenoxy) is 1. The van der Waals surface area contributed by atoms with Gasteiger partial charge < -0.3 is 14.5 Å². The van der Waals surface area contributed by atoms with E-state index in [9.17, 15) is 4.79 Å². The van der Waals surface area contributed by atoms with Crippen molar-refractivity contribution in [3.05, 3.63) is 23.7 Å². The molecule has 0 saturated carbocycles. The van der Waals surface area contributed by atoms with E-state index >= 15 is 0 Å². The Bertz CT molecular complexity index is 341. The van der Waals surface area contributed by atoms with Crippen LogP contribution in [0.15, 0.2) is 16.5 Å². The lowest BCUT2D eigenvalue weighted by atomic mass is 10.4. The lowest BCUT2D eigenvalue weighted by molar-refractivity contribution is 0.0561. The highest BCUT2D eigenvalue weighted by Gasteiger charge is 2.11. The Morgan fingerprint density at radius 1 is 1.53 bits per heavy atom. The number of likely N-dealkylation sites (N-methyl/N-ethyl adjacent to an activating group) is 2. The molecule has 1 aromatic heterocycles. The number of carbonyl (C=O) groups excluding carboxylic acids is 1. The van der Waals surface area contributed by atoms with Gasteiger partial charge >= 0.3 is 5.97 Å². The first-order valence-electron chi connectivity index (χ1n) is 5.17. The average molecular weight is 263 g/mol. The van der Waals surface area contributed by atoms with Crippen molar-refractivity contribution in [2.24, 2.45) is 0 Å². The first kappa shape index (κ1) is 16.0. The maximum atomic E-state index is 11.1. The Kier molecular flexibility index (Phi) is 7.61. The first-order chi connectivity index (χ1) is 7.67. The van der Waals surface area contributed by atoms with Gasteiger partial charge in [-0.1, -0.05) is 0 Å². The van der Waals surface area contributed by atoms with E-state index < -0.39 is 5.97 Å². The van der Waals surface area contributed by atoms with Crippen LogP contribution in [-0.4, -0.2) is 45.2 Å². The minimum atomic E-state index is -0.441. The lowest BCUT2D eigenvalue weighted by Gasteiger charge is -2.14. The third kappa shape index (κ3) is 5.21. The van der Waals surface area contributed by atoms with Crippen molar-refractivity contribution >= 4 is 18.4 Å². The highest BCUT2D eigenvalue weighted by Crippen LogP contribution is 2.10. The Hall–Kier alpha value is -1.04. The standard InChI is InChI=1S/C11H18N2O3.ClH/c1-12-6-7-13(2)8-9-4-5-10(16-9)11(14)15-3;/h4-5,12H,6-8H2,1-3H3;1H. The summed E-state index contributed by atoms with van der Waals surface area (Å²) in [6.45, 7) is 2.52. The quantitative estimate of drug-likeness (QED) is 0.779. The Morgan fingerprint density at radius 3 is 2.82 bits per heavy atom. The zero-order valence-electron chi connectivity index (χ0n) is 10.4. The number of furan rings is 1. The molecule has 0 bridgehead atoms. The van der Waals surface area contributed by atoms with Crippen LogP contribution in [0.4, 0.5) is 0 Å². The van der Waals surface area contributed by atoms with Gasteiger partial charge in [-0.05, 0) is 26.2 Å². The molecule has 0 atom stereocenters. The second-order valence-corrected chi connectivity index (χ2v) is 3.60. The fourth-order valence-corrected chi connectivity index (χ4v) is 1.32. The first-order valence-corrected chi connectivity index (χ1v) is 5.17. The van der Waals surface area contributed by atoms with E-state index in [1.165, 1.54) is 7.11 Å². The van der Waals surface area contributed by atoms with Gasteiger partial charge in [-0.3, -0.25) is 4.90 Å². The molecule has 6 heteroatoms. The van der Waals surface area contributed by atoms with Crippen LogP contribution in [0.5, 0.6) is 0 Å². The largest absolute Gasteiger partial charge is 0.463 e. The molecule has 1 rings (SSSR count). The molecule has 0 aliphatic heterocycles. The molecule has 98 valence electrons. The van der Waals surface area contributed by atoms with Gasteiger partial charge in [0, 0.05) is 13.1 Å². The van der Waals surface area contributed by atoms with Crippen molar-refractivity contribution < 1.29 is 13.9 Å². The monoisotopic (exact) mass is 262 g/mol. The van der Waals surface area contributed by atoms with Gasteiger partial charge in [-0.2, -0.15) is 0 Å². The topological polar surface area (TPSA) is 54.7 Å². The number of nitrogens with one attached hydrogen (secondary N) is 1. The number of hydrogen-bond donors (Lipinski definition) is 1. The van der Waals surface area contributed by atoms with Gasteiger partial charge in [-0.15, -0.1) is 12.4 Å². The van der Waals surface area contributed by atoms with E-state index in [1.807, 2.05) is 14.1 Å². The summed E-state index contributed by atoms with van der Waals surface area (Å²) in [6.07, 6.45) is 0. The zero-order valence-corrected chi connectivity index (χ0v) is 11.2. The molecule has 1 heterocycles. The molecule has 17 heavy (non-hydrogen) atoms. The van der Waals surface area contributed by atoms with Crippen molar-refractivity contribution in [1.82, 2.24) is 10.2 Å². The minimum absolute atomic E-state index is 0. The fraction of sp³-hybridized carbons (Fsp3) is 0.545. The minimum Gasteiger partial charge on any atom is -0.463 e. The summed E-state index contributed by atoms with van der Waals surface area (Å²) in [6, 6.07) is 3.43. The van der Waals surface area contributed by atoms with Gasteiger partial charge in [0.25, 0.3) is 0 Å². The molecule has 0 aliphatic carbocycles. The highest BCUT2D eigenvalue weighted by molar-refractivity contribution is 5.86. The van der Waals surface area contributed by atoms with Crippen molar-refractivity contribution in [3.63, 3.8) is 0 Å². The maximum absolute atomic E-state index is 11.1. The number of hydrogen-bond acceptors (Lipinski definition) is 5. The lowest BCUT2D eigenvalue weighted by Crippen LogP contribution is -2.26. The predicted molar refractivity (Wildman–Crippen MR) is 67.6 cm³/mol. The van der Waals surface area contributed by atoms with Crippen molar-refractivity contribution in [2.75, 3.05) is 34.3 Å². The predicted octanol–water partition coefficient (Wildman–Crippen LogP) is 1.14. The molecule has 0 aliphatic rings. The molecule has 0 spiro atoms. The maximum Gasteiger partial charge on any atom is 0.373 e. The second kappa shape index (κ2) is 8.11. The summed E-state index contributed by atoms with van der Waals surface area (Å²) in [5, 5.41) is 3.07. The fourth-order valence-electron chi connectivity index (χ4n) is 1.32. The van der Waals surface area contributed by atoms with Crippen LogP contribution in [0.1, 0.15) is 16.3 Å². The normalized spacial score (nSPS) is 10.1. The summed E-state index contributed by atoms with van der Waals surface area (Å²) < 4.78 is 9.91. The molecule has 0 aromatic carbocycles. The van der Waals surface area contributed by atoms with E-state index in [0.29, 0.717) is 6.54 Å². The van der Waals surface area contributed by atoms with Crippen molar-refractivity contribution in [1.29, 1.82) is 0 Å². The number of nitrogens with zero attached hydrogens (tertiary/aromatic N) is 1. The van der Waals surface area contributed by atoms with Crippen LogP contribution in [0.3, 0.4) is 0 Å². The van der Waals surface area contributed by atoms with Gasteiger partial charge in [0.05, 0.1) is 13.7 Å². The van der Waals surface area contributed by atoms with Crippen LogP contribution in [-0.2, 0) is 11.3 Å². The molecule has 1 N–H and O–H groups in total. The zero-order chi connectivity index (χ0) is 12.0. The molecule has 5 nitrogen and oxygen atoms in total. The third-order valence-electron chi connectivity index (χ3n) is 2.22. The number of methoxy groups -OCH3 is 1. The Labute approximate surface area is 108 Å². The Balaban J connectivity index is 0.00000256. The van der Waals surface area contributed by atoms with E-state index in [0.717, 1.165) is 18.8 Å². The van der Waals surface area contributed by atoms with Gasteiger partial charge in [0.2, 0.25) is 5.76 Å². The van der Waals surface area contributed by atoms with E-state index in [4.69, 9.17) is 4.42 Å². The molecule has 0 saturated heterocycles. The number of rotatable bonds is 6. The van der Waals surface area contributed by atoms with Gasteiger partial charge in [0.1, 0.15) is 5.76 Å². The summed E-state index contributed by atoms with van der Waals surface area (Å²) in [5.74, 6) is 0.572. The van der Waals surface area contributed by atoms with Crippen LogP contribution in [0, 0.1) is 0 Å². The number of halogens is 1.